The zero-order valence-corrected chi connectivity index (χ0v) is 8.10. The van der Waals surface area contributed by atoms with Crippen LogP contribution < -0.4 is 5.32 Å². The fraction of sp³-hybridized carbons (Fsp3) is 0.500. The Bertz CT molecular complexity index is 224. The van der Waals surface area contributed by atoms with E-state index in [0.717, 1.165) is 6.54 Å². The van der Waals surface area contributed by atoms with Crippen LogP contribution in [0.3, 0.4) is 0 Å². The van der Waals surface area contributed by atoms with E-state index < -0.39 is 0 Å². The van der Waals surface area contributed by atoms with Crippen LogP contribution in [0.15, 0.2) is 17.5 Å². The van der Waals surface area contributed by atoms with Gasteiger partial charge in [0.2, 0.25) is 0 Å². The molecule has 1 aromatic heterocycles. The van der Waals surface area contributed by atoms with Crippen LogP contribution in [0, 0.1) is 0 Å². The normalized spacial score (nSPS) is 31.0. The fourth-order valence-corrected chi connectivity index (χ4v) is 3.41. The maximum Gasteiger partial charge on any atom is 0.0966 e. The molecule has 1 fully saturated rings. The van der Waals surface area contributed by atoms with Gasteiger partial charge >= 0.3 is 0 Å². The van der Waals surface area contributed by atoms with Crippen LogP contribution in [0.2, 0.25) is 0 Å². The lowest BCUT2D eigenvalue weighted by Crippen LogP contribution is -2.29. The van der Waals surface area contributed by atoms with Gasteiger partial charge in [-0.05, 0) is 18.4 Å². The number of nitrogens with one attached hydrogen (secondary N) is 1. The average Bonchev–Trinajstić information content (AvgIpc) is 2.55. The molecule has 1 saturated heterocycles. The van der Waals surface area contributed by atoms with Crippen molar-refractivity contribution in [3.05, 3.63) is 22.4 Å². The summed E-state index contributed by atoms with van der Waals surface area (Å²) in [6.45, 7) is 3.40. The molecular weight excluding hydrogens is 174 g/mol. The molecule has 0 radical (unpaired) electrons. The molecule has 0 amide bonds. The van der Waals surface area contributed by atoms with Gasteiger partial charge in [0.15, 0.2) is 0 Å². The molecule has 1 N–H and O–H groups in total. The Balaban J connectivity index is 2.27. The van der Waals surface area contributed by atoms with Gasteiger partial charge in [0.25, 0.3) is 0 Å². The smallest absolute Gasteiger partial charge is 0.0966 e. The molecule has 2 heterocycles. The van der Waals surface area contributed by atoms with E-state index in [1.807, 2.05) is 23.1 Å². The molecule has 11 heavy (non-hydrogen) atoms. The van der Waals surface area contributed by atoms with Crippen LogP contribution in [0.1, 0.15) is 11.8 Å². The van der Waals surface area contributed by atoms with E-state index in [2.05, 4.69) is 29.8 Å². The fourth-order valence-electron chi connectivity index (χ4n) is 1.30. The van der Waals surface area contributed by atoms with Crippen molar-refractivity contribution in [2.75, 3.05) is 12.3 Å². The van der Waals surface area contributed by atoms with Crippen LogP contribution in [0.25, 0.3) is 0 Å². The number of hydrogen-bond donors (Lipinski definition) is 1. The molecule has 0 spiro atoms. The Labute approximate surface area is 75.2 Å². The molecule has 0 aliphatic carbocycles. The molecule has 1 aliphatic heterocycles. The van der Waals surface area contributed by atoms with E-state index in [1.165, 1.54) is 10.6 Å². The summed E-state index contributed by atoms with van der Waals surface area (Å²) in [5.41, 5.74) is 0. The van der Waals surface area contributed by atoms with E-state index in [4.69, 9.17) is 0 Å². The average molecular weight is 185 g/mol. The highest BCUT2D eigenvalue weighted by Gasteiger charge is 2.31. The van der Waals surface area contributed by atoms with E-state index in [-0.39, 0.29) is 4.87 Å². The molecule has 0 saturated carbocycles. The molecule has 60 valence electrons. The summed E-state index contributed by atoms with van der Waals surface area (Å²) in [5.74, 6) is 1.23. The zero-order valence-electron chi connectivity index (χ0n) is 6.46. The number of thiophene rings is 1. The van der Waals surface area contributed by atoms with Crippen molar-refractivity contribution in [1.29, 1.82) is 0 Å². The summed E-state index contributed by atoms with van der Waals surface area (Å²) in [4.78, 5) is 1.65. The maximum absolute atomic E-state index is 3.51. The first-order chi connectivity index (χ1) is 5.31. The topological polar surface area (TPSA) is 12.0 Å². The first-order valence-corrected chi connectivity index (χ1v) is 5.61. The number of thioether (sulfide) groups is 1. The van der Waals surface area contributed by atoms with Crippen molar-refractivity contribution in [2.24, 2.45) is 0 Å². The van der Waals surface area contributed by atoms with Gasteiger partial charge in [-0.25, -0.2) is 0 Å². The minimum atomic E-state index is 0.203. The molecule has 1 aromatic rings. The number of rotatable bonds is 1. The second kappa shape index (κ2) is 2.81. The quantitative estimate of drug-likeness (QED) is 0.720. The lowest BCUT2D eigenvalue weighted by Gasteiger charge is -2.21. The van der Waals surface area contributed by atoms with Crippen molar-refractivity contribution >= 4 is 23.1 Å². The minimum Gasteiger partial charge on any atom is -0.298 e. The first kappa shape index (κ1) is 7.65. The summed E-state index contributed by atoms with van der Waals surface area (Å²) in [6.07, 6.45) is 0. The summed E-state index contributed by atoms with van der Waals surface area (Å²) < 4.78 is 0. The molecule has 1 nitrogen and oxygen atoms in total. The minimum absolute atomic E-state index is 0.203. The van der Waals surface area contributed by atoms with Crippen LogP contribution in [0.5, 0.6) is 0 Å². The molecule has 1 aliphatic rings. The SMILES string of the molecule is CC1(c2cccs2)NCCS1. The molecule has 2 rings (SSSR count). The van der Waals surface area contributed by atoms with E-state index in [0.29, 0.717) is 0 Å². The van der Waals surface area contributed by atoms with E-state index in [1.54, 1.807) is 0 Å². The van der Waals surface area contributed by atoms with Crippen LogP contribution in [-0.4, -0.2) is 12.3 Å². The predicted molar refractivity (Wildman–Crippen MR) is 52.1 cm³/mol. The van der Waals surface area contributed by atoms with Crippen LogP contribution in [-0.2, 0) is 4.87 Å². The molecule has 1 atom stereocenters. The van der Waals surface area contributed by atoms with Gasteiger partial charge in [0, 0.05) is 17.2 Å². The second-order valence-electron chi connectivity index (χ2n) is 2.79. The van der Waals surface area contributed by atoms with E-state index in [9.17, 15) is 0 Å². The second-order valence-corrected chi connectivity index (χ2v) is 5.25. The summed E-state index contributed by atoms with van der Waals surface area (Å²) in [5, 5.41) is 5.65. The molecular formula is C8H11NS2. The van der Waals surface area contributed by atoms with Crippen molar-refractivity contribution in [3.8, 4) is 0 Å². The third-order valence-electron chi connectivity index (χ3n) is 1.95. The number of hydrogen-bond acceptors (Lipinski definition) is 3. The highest BCUT2D eigenvalue weighted by Crippen LogP contribution is 2.38. The molecule has 3 heteroatoms. The Hall–Kier alpha value is 0.01000. The van der Waals surface area contributed by atoms with E-state index >= 15 is 0 Å². The highest BCUT2D eigenvalue weighted by atomic mass is 32.2. The standard InChI is InChI=1S/C8H11NS2/c1-8(9-4-6-11-8)7-3-2-5-10-7/h2-3,5,9H,4,6H2,1H3. The zero-order chi connectivity index (χ0) is 7.73. The van der Waals surface area contributed by atoms with Gasteiger partial charge in [-0.15, -0.1) is 23.1 Å². The predicted octanol–water partition coefficient (Wildman–Crippen LogP) is 2.26. The van der Waals surface area contributed by atoms with Crippen molar-refractivity contribution in [3.63, 3.8) is 0 Å². The lowest BCUT2D eigenvalue weighted by molar-refractivity contribution is 0.584. The largest absolute Gasteiger partial charge is 0.298 e. The summed E-state index contributed by atoms with van der Waals surface area (Å²) in [6, 6.07) is 4.32. The van der Waals surface area contributed by atoms with Crippen LogP contribution >= 0.6 is 23.1 Å². The van der Waals surface area contributed by atoms with Crippen LogP contribution in [0.4, 0.5) is 0 Å². The third-order valence-corrected chi connectivity index (χ3v) is 4.52. The first-order valence-electron chi connectivity index (χ1n) is 3.74. The van der Waals surface area contributed by atoms with Gasteiger partial charge in [0.05, 0.1) is 4.87 Å². The monoisotopic (exact) mass is 185 g/mol. The van der Waals surface area contributed by atoms with Gasteiger partial charge in [-0.1, -0.05) is 6.07 Å². The van der Waals surface area contributed by atoms with Crippen molar-refractivity contribution in [2.45, 2.75) is 11.8 Å². The summed E-state index contributed by atoms with van der Waals surface area (Å²) >= 11 is 3.84. The summed E-state index contributed by atoms with van der Waals surface area (Å²) in [7, 11) is 0. The Morgan fingerprint density at radius 2 is 2.55 bits per heavy atom. The Kier molecular flexibility index (Phi) is 1.95. The highest BCUT2D eigenvalue weighted by molar-refractivity contribution is 8.00. The molecule has 0 bridgehead atoms. The van der Waals surface area contributed by atoms with Gasteiger partial charge < -0.3 is 0 Å². The third kappa shape index (κ3) is 1.33. The molecule has 0 aromatic carbocycles. The van der Waals surface area contributed by atoms with Crippen molar-refractivity contribution < 1.29 is 0 Å². The Morgan fingerprint density at radius 1 is 1.64 bits per heavy atom. The lowest BCUT2D eigenvalue weighted by atomic mass is 10.2. The maximum atomic E-state index is 3.51. The van der Waals surface area contributed by atoms with Crippen molar-refractivity contribution in [1.82, 2.24) is 5.32 Å². The molecule has 1 unspecified atom stereocenters. The van der Waals surface area contributed by atoms with Gasteiger partial charge in [-0.3, -0.25) is 5.32 Å². The van der Waals surface area contributed by atoms with Gasteiger partial charge in [0.1, 0.15) is 0 Å². The van der Waals surface area contributed by atoms with Gasteiger partial charge in [-0.2, -0.15) is 0 Å². The Morgan fingerprint density at radius 3 is 3.09 bits per heavy atom.